The zero-order valence-electron chi connectivity index (χ0n) is 8.17. The van der Waals surface area contributed by atoms with Crippen LogP contribution in [0.25, 0.3) is 0 Å². The molecule has 1 rings (SSSR count). The van der Waals surface area contributed by atoms with Crippen molar-refractivity contribution in [1.29, 1.82) is 0 Å². The van der Waals surface area contributed by atoms with E-state index in [2.05, 4.69) is 4.74 Å². The number of esters is 1. The first kappa shape index (κ1) is 13.3. The molecule has 0 bridgehead atoms. The lowest BCUT2D eigenvalue weighted by Gasteiger charge is -2.15. The molecule has 0 heterocycles. The van der Waals surface area contributed by atoms with Gasteiger partial charge in [0.05, 0.1) is 12.1 Å². The number of hydrogen-bond acceptors (Lipinski definition) is 3. The van der Waals surface area contributed by atoms with E-state index in [1.54, 1.807) is 12.1 Å². The second-order valence-corrected chi connectivity index (χ2v) is 4.61. The van der Waals surface area contributed by atoms with Crippen LogP contribution in [0.5, 0.6) is 0 Å². The maximum absolute atomic E-state index is 11.8. The predicted molar refractivity (Wildman–Crippen MR) is 62.2 cm³/mol. The topological polar surface area (TPSA) is 43.4 Å². The summed E-state index contributed by atoms with van der Waals surface area (Å²) in [5.74, 6) is -1.85. The Balaban J connectivity index is 3.12. The number of Topliss-reactive ketones (excluding diaryl/α,β-unsaturated/α-hetero) is 1. The van der Waals surface area contributed by atoms with Gasteiger partial charge in [0, 0.05) is 5.56 Å². The number of rotatable bonds is 3. The average molecular weight is 282 g/mol. The molecule has 86 valence electrons. The number of methoxy groups -OCH3 is 1. The molecule has 0 N–H and O–H groups in total. The lowest BCUT2D eigenvalue weighted by atomic mass is 10.1. The van der Waals surface area contributed by atoms with Crippen molar-refractivity contribution < 1.29 is 14.3 Å². The fraction of sp³-hybridized carbons (Fsp3) is 0.200. The minimum atomic E-state index is -2.28. The van der Waals surface area contributed by atoms with Gasteiger partial charge < -0.3 is 4.74 Å². The van der Waals surface area contributed by atoms with Crippen molar-refractivity contribution >= 4 is 46.6 Å². The Labute approximate surface area is 107 Å². The van der Waals surface area contributed by atoms with E-state index in [1.807, 2.05) is 0 Å². The standard InChI is InChI=1S/C10H7Cl3O3/c1-16-9(15)10(12,13)8(14)6-4-2-3-5-7(6)11/h2-5H,1H3. The van der Waals surface area contributed by atoms with Crippen molar-refractivity contribution in [1.82, 2.24) is 0 Å². The van der Waals surface area contributed by atoms with Gasteiger partial charge in [0.1, 0.15) is 0 Å². The molecule has 0 radical (unpaired) electrons. The first-order chi connectivity index (χ1) is 7.41. The highest BCUT2D eigenvalue weighted by Gasteiger charge is 2.44. The number of ether oxygens (including phenoxy) is 1. The molecule has 0 spiro atoms. The van der Waals surface area contributed by atoms with E-state index in [9.17, 15) is 9.59 Å². The molecule has 1 aromatic carbocycles. The molecule has 0 saturated heterocycles. The van der Waals surface area contributed by atoms with Crippen LogP contribution in [0.2, 0.25) is 5.02 Å². The van der Waals surface area contributed by atoms with Crippen molar-refractivity contribution in [2.24, 2.45) is 0 Å². The van der Waals surface area contributed by atoms with Crippen LogP contribution in [0, 0.1) is 0 Å². The van der Waals surface area contributed by atoms with Crippen LogP contribution in [0.4, 0.5) is 0 Å². The Morgan fingerprint density at radius 3 is 2.31 bits per heavy atom. The summed E-state index contributed by atoms with van der Waals surface area (Å²) in [6.45, 7) is 0. The summed E-state index contributed by atoms with van der Waals surface area (Å²) < 4.78 is 2.05. The van der Waals surface area contributed by atoms with Crippen LogP contribution in [0.3, 0.4) is 0 Å². The second-order valence-electron chi connectivity index (χ2n) is 2.87. The SMILES string of the molecule is COC(=O)C(Cl)(Cl)C(=O)c1ccccc1Cl. The molecule has 0 amide bonds. The number of halogens is 3. The Hall–Kier alpha value is -0.770. The van der Waals surface area contributed by atoms with Crippen molar-refractivity contribution in [3.8, 4) is 0 Å². The first-order valence-corrected chi connectivity index (χ1v) is 5.30. The molecule has 1 aromatic rings. The van der Waals surface area contributed by atoms with Gasteiger partial charge in [-0.15, -0.1) is 0 Å². The van der Waals surface area contributed by atoms with Crippen LogP contribution in [0.15, 0.2) is 24.3 Å². The van der Waals surface area contributed by atoms with Crippen LogP contribution in [-0.4, -0.2) is 23.2 Å². The zero-order valence-corrected chi connectivity index (χ0v) is 10.4. The van der Waals surface area contributed by atoms with Gasteiger partial charge in [-0.1, -0.05) is 46.9 Å². The van der Waals surface area contributed by atoms with E-state index < -0.39 is 16.1 Å². The van der Waals surface area contributed by atoms with Gasteiger partial charge in [-0.3, -0.25) is 4.79 Å². The van der Waals surface area contributed by atoms with Crippen molar-refractivity contribution in [2.45, 2.75) is 4.33 Å². The summed E-state index contributed by atoms with van der Waals surface area (Å²) in [6.07, 6.45) is 0. The Kier molecular flexibility index (Phi) is 4.19. The summed E-state index contributed by atoms with van der Waals surface area (Å²) in [6, 6.07) is 6.14. The molecule has 0 saturated carbocycles. The fourth-order valence-electron chi connectivity index (χ4n) is 1.04. The van der Waals surface area contributed by atoms with Gasteiger partial charge in [-0.2, -0.15) is 0 Å². The van der Waals surface area contributed by atoms with Gasteiger partial charge in [0.15, 0.2) is 0 Å². The maximum atomic E-state index is 11.8. The molecule has 0 atom stereocenters. The van der Waals surface area contributed by atoms with Gasteiger partial charge in [-0.05, 0) is 12.1 Å². The monoisotopic (exact) mass is 280 g/mol. The average Bonchev–Trinajstić information content (AvgIpc) is 2.27. The Morgan fingerprint density at radius 1 is 1.25 bits per heavy atom. The molecule has 0 fully saturated rings. The molecule has 0 aliphatic rings. The van der Waals surface area contributed by atoms with E-state index >= 15 is 0 Å². The largest absolute Gasteiger partial charge is 0.466 e. The highest BCUT2D eigenvalue weighted by atomic mass is 35.5. The van der Waals surface area contributed by atoms with Crippen LogP contribution in [0.1, 0.15) is 10.4 Å². The van der Waals surface area contributed by atoms with Crippen molar-refractivity contribution in [2.75, 3.05) is 7.11 Å². The minimum Gasteiger partial charge on any atom is -0.466 e. The number of ketones is 1. The zero-order chi connectivity index (χ0) is 12.3. The van der Waals surface area contributed by atoms with E-state index in [0.717, 1.165) is 7.11 Å². The lowest BCUT2D eigenvalue weighted by molar-refractivity contribution is -0.140. The van der Waals surface area contributed by atoms with Gasteiger partial charge >= 0.3 is 5.97 Å². The molecule has 16 heavy (non-hydrogen) atoms. The van der Waals surface area contributed by atoms with Crippen LogP contribution in [-0.2, 0) is 9.53 Å². The van der Waals surface area contributed by atoms with Crippen molar-refractivity contribution in [3.63, 3.8) is 0 Å². The fourth-order valence-corrected chi connectivity index (χ4v) is 1.61. The third-order valence-electron chi connectivity index (χ3n) is 1.85. The predicted octanol–water partition coefficient (Wildman–Crippen LogP) is 2.87. The third-order valence-corrected chi connectivity index (χ3v) is 2.83. The number of hydrogen-bond donors (Lipinski definition) is 0. The maximum Gasteiger partial charge on any atom is 0.350 e. The van der Waals surface area contributed by atoms with Crippen LogP contribution >= 0.6 is 34.8 Å². The Bertz CT molecular complexity index is 429. The summed E-state index contributed by atoms with van der Waals surface area (Å²) in [7, 11) is 1.09. The minimum absolute atomic E-state index is 0.0690. The number of carbonyl (C=O) groups is 2. The summed E-state index contributed by atoms with van der Waals surface area (Å²) in [4.78, 5) is 23.0. The molecular weight excluding hydrogens is 274 g/mol. The highest BCUT2D eigenvalue weighted by molar-refractivity contribution is 6.69. The molecule has 6 heteroatoms. The lowest BCUT2D eigenvalue weighted by Crippen LogP contribution is -2.36. The number of alkyl halides is 2. The van der Waals surface area contributed by atoms with Gasteiger partial charge in [0.2, 0.25) is 5.78 Å². The summed E-state index contributed by atoms with van der Waals surface area (Å²) in [5.41, 5.74) is 0.0690. The van der Waals surface area contributed by atoms with E-state index in [-0.39, 0.29) is 10.6 Å². The quantitative estimate of drug-likeness (QED) is 0.370. The van der Waals surface area contributed by atoms with E-state index in [1.165, 1.54) is 12.1 Å². The number of carbonyl (C=O) groups excluding carboxylic acids is 2. The van der Waals surface area contributed by atoms with Gasteiger partial charge in [-0.25, -0.2) is 4.79 Å². The van der Waals surface area contributed by atoms with Crippen LogP contribution < -0.4 is 0 Å². The molecule has 3 nitrogen and oxygen atoms in total. The smallest absolute Gasteiger partial charge is 0.350 e. The van der Waals surface area contributed by atoms with Crippen molar-refractivity contribution in [3.05, 3.63) is 34.9 Å². The Morgan fingerprint density at radius 2 is 1.81 bits per heavy atom. The first-order valence-electron chi connectivity index (χ1n) is 4.16. The molecular formula is C10H7Cl3O3. The number of benzene rings is 1. The van der Waals surface area contributed by atoms with E-state index in [0.29, 0.717) is 0 Å². The molecule has 0 aliphatic carbocycles. The summed E-state index contributed by atoms with van der Waals surface area (Å²) in [5, 5.41) is 0.169. The third kappa shape index (κ3) is 2.48. The highest BCUT2D eigenvalue weighted by Crippen LogP contribution is 2.30. The van der Waals surface area contributed by atoms with Gasteiger partial charge in [0.25, 0.3) is 4.33 Å². The second kappa shape index (κ2) is 5.04. The van der Waals surface area contributed by atoms with E-state index in [4.69, 9.17) is 34.8 Å². The molecule has 0 unspecified atom stereocenters. The molecule has 0 aromatic heterocycles. The normalized spacial score (nSPS) is 11.0. The molecule has 0 aliphatic heterocycles. The summed E-state index contributed by atoms with van der Waals surface area (Å²) >= 11 is 17.0.